The molecule has 4 heteroatoms. The zero-order valence-electron chi connectivity index (χ0n) is 8.29. The molecule has 0 amide bonds. The first-order valence-corrected chi connectivity index (χ1v) is 8.11. The van der Waals surface area contributed by atoms with Crippen LogP contribution in [0.5, 0.6) is 0 Å². The van der Waals surface area contributed by atoms with Crippen LogP contribution in [0, 0.1) is 0 Å². The van der Waals surface area contributed by atoms with Gasteiger partial charge in [-0.3, -0.25) is 0 Å². The highest BCUT2D eigenvalue weighted by Gasteiger charge is 2.13. The molecule has 1 atom stereocenters. The zero-order valence-corrected chi connectivity index (χ0v) is 13.9. The molecule has 0 N–H and O–H groups in total. The van der Waals surface area contributed by atoms with E-state index in [1.165, 1.54) is 10.4 Å². The monoisotopic (exact) mass is 422 g/mol. The van der Waals surface area contributed by atoms with E-state index in [9.17, 15) is 0 Å². The molecule has 0 aliphatic heterocycles. The molecule has 0 fully saturated rings. The maximum Gasteiger partial charge on any atom is 0.0843 e. The second-order valence-electron chi connectivity index (χ2n) is 3.43. The largest absolute Gasteiger partial charge is 0.131 e. The van der Waals surface area contributed by atoms with E-state index in [1.807, 2.05) is 6.07 Å². The highest BCUT2D eigenvalue weighted by Crippen LogP contribution is 2.39. The minimum Gasteiger partial charge on any atom is -0.131 e. The highest BCUT2D eigenvalue weighted by atomic mass is 79.9. The van der Waals surface area contributed by atoms with E-state index < -0.39 is 0 Å². The van der Waals surface area contributed by atoms with Gasteiger partial charge in [-0.05, 0) is 49.9 Å². The van der Waals surface area contributed by atoms with E-state index in [4.69, 9.17) is 0 Å². The molecule has 0 bridgehead atoms. The van der Waals surface area contributed by atoms with Crippen LogP contribution in [0.1, 0.15) is 15.3 Å². The summed E-state index contributed by atoms with van der Waals surface area (Å²) in [6.07, 6.45) is 1.01. The lowest BCUT2D eigenvalue weighted by molar-refractivity contribution is 0.969. The molecule has 0 saturated carbocycles. The fourth-order valence-electron chi connectivity index (χ4n) is 1.44. The molecule has 0 saturated heterocycles. The van der Waals surface area contributed by atoms with Gasteiger partial charge in [0.05, 0.1) is 8.61 Å². The molecule has 84 valence electrons. The summed E-state index contributed by atoms with van der Waals surface area (Å²) in [6.45, 7) is 0. The van der Waals surface area contributed by atoms with Crippen LogP contribution >= 0.6 is 59.1 Å². The molecule has 1 aromatic heterocycles. The summed E-state index contributed by atoms with van der Waals surface area (Å²) in [5, 5.41) is 0. The molecule has 2 aromatic rings. The number of rotatable bonds is 3. The van der Waals surface area contributed by atoms with Gasteiger partial charge in [-0.2, -0.15) is 0 Å². The van der Waals surface area contributed by atoms with Gasteiger partial charge in [0.25, 0.3) is 0 Å². The van der Waals surface area contributed by atoms with E-state index in [1.54, 1.807) is 11.3 Å². The first kappa shape index (κ1) is 12.8. The summed E-state index contributed by atoms with van der Waals surface area (Å²) in [4.78, 5) is 1.71. The number of thiophene rings is 1. The lowest BCUT2D eigenvalue weighted by Crippen LogP contribution is -1.92. The van der Waals surface area contributed by atoms with Crippen LogP contribution in [0.3, 0.4) is 0 Å². The molecular weight excluding hydrogens is 416 g/mol. The third kappa shape index (κ3) is 3.19. The topological polar surface area (TPSA) is 0 Å². The average molecular weight is 425 g/mol. The molecule has 1 heterocycles. The standard InChI is InChI=1S/C12H9Br3S/c13-9(6-8-4-2-1-3-5-8)11-7-10(14)12(15)16-11/h1-5,7,9H,6H2. The fourth-order valence-corrected chi connectivity index (χ4v) is 4.29. The van der Waals surface area contributed by atoms with Crippen LogP contribution in [0.2, 0.25) is 0 Å². The SMILES string of the molecule is Brc1cc(C(Br)Cc2ccccc2)sc1Br. The smallest absolute Gasteiger partial charge is 0.0843 e. The Morgan fingerprint density at radius 3 is 2.38 bits per heavy atom. The number of hydrogen-bond acceptors (Lipinski definition) is 1. The van der Waals surface area contributed by atoms with Crippen molar-refractivity contribution in [3.05, 3.63) is 55.1 Å². The Labute approximate surface area is 124 Å². The second kappa shape index (κ2) is 5.80. The minimum absolute atomic E-state index is 0.377. The summed E-state index contributed by atoms with van der Waals surface area (Å²) in [6, 6.07) is 12.7. The van der Waals surface area contributed by atoms with E-state index in [2.05, 4.69) is 78.1 Å². The fraction of sp³-hybridized carbons (Fsp3) is 0.167. The van der Waals surface area contributed by atoms with Crippen molar-refractivity contribution in [2.45, 2.75) is 11.2 Å². The number of benzene rings is 1. The molecule has 16 heavy (non-hydrogen) atoms. The Bertz CT molecular complexity index is 445. The Morgan fingerprint density at radius 2 is 1.81 bits per heavy atom. The number of alkyl halides is 1. The molecule has 0 radical (unpaired) electrons. The Hall–Kier alpha value is 0.360. The van der Waals surface area contributed by atoms with Crippen LogP contribution in [0.25, 0.3) is 0 Å². The lowest BCUT2D eigenvalue weighted by Gasteiger charge is -2.06. The van der Waals surface area contributed by atoms with Crippen molar-refractivity contribution >= 4 is 59.1 Å². The Morgan fingerprint density at radius 1 is 1.12 bits per heavy atom. The molecular formula is C12H9Br3S. The maximum atomic E-state index is 3.74. The molecule has 0 nitrogen and oxygen atoms in total. The van der Waals surface area contributed by atoms with Crippen molar-refractivity contribution in [2.24, 2.45) is 0 Å². The summed E-state index contributed by atoms with van der Waals surface area (Å²) in [5.41, 5.74) is 1.35. The van der Waals surface area contributed by atoms with E-state index >= 15 is 0 Å². The Kier molecular flexibility index (Phi) is 4.65. The Balaban J connectivity index is 2.11. The van der Waals surface area contributed by atoms with E-state index in [-0.39, 0.29) is 0 Å². The predicted octanol–water partition coefficient (Wildman–Crippen LogP) is 5.95. The second-order valence-corrected chi connectivity index (χ2v) is 7.79. The van der Waals surface area contributed by atoms with Gasteiger partial charge in [0.1, 0.15) is 0 Å². The average Bonchev–Trinajstić information content (AvgIpc) is 2.61. The van der Waals surface area contributed by atoms with Gasteiger partial charge in [-0.1, -0.05) is 46.3 Å². The molecule has 1 aromatic carbocycles. The first-order chi connectivity index (χ1) is 7.66. The summed E-state index contributed by atoms with van der Waals surface area (Å²) >= 11 is 12.5. The summed E-state index contributed by atoms with van der Waals surface area (Å²) in [5.74, 6) is 0. The summed E-state index contributed by atoms with van der Waals surface area (Å²) < 4.78 is 2.28. The van der Waals surface area contributed by atoms with Crippen LogP contribution in [0.15, 0.2) is 44.7 Å². The zero-order chi connectivity index (χ0) is 11.5. The lowest BCUT2D eigenvalue weighted by atomic mass is 10.1. The molecule has 0 spiro atoms. The van der Waals surface area contributed by atoms with Crippen LogP contribution in [0.4, 0.5) is 0 Å². The quantitative estimate of drug-likeness (QED) is 0.534. The van der Waals surface area contributed by atoms with E-state index in [0.29, 0.717) is 4.83 Å². The van der Waals surface area contributed by atoms with Gasteiger partial charge in [-0.15, -0.1) is 11.3 Å². The highest BCUT2D eigenvalue weighted by molar-refractivity contribution is 9.13. The van der Waals surface area contributed by atoms with Gasteiger partial charge in [0, 0.05) is 9.35 Å². The van der Waals surface area contributed by atoms with Crippen LogP contribution < -0.4 is 0 Å². The van der Waals surface area contributed by atoms with Gasteiger partial charge in [0.15, 0.2) is 0 Å². The van der Waals surface area contributed by atoms with Gasteiger partial charge >= 0.3 is 0 Å². The third-order valence-electron chi connectivity index (χ3n) is 2.23. The summed E-state index contributed by atoms with van der Waals surface area (Å²) in [7, 11) is 0. The van der Waals surface area contributed by atoms with Crippen LogP contribution in [-0.2, 0) is 6.42 Å². The first-order valence-electron chi connectivity index (χ1n) is 4.79. The van der Waals surface area contributed by atoms with Crippen molar-refractivity contribution in [3.63, 3.8) is 0 Å². The van der Waals surface area contributed by atoms with Gasteiger partial charge in [0.2, 0.25) is 0 Å². The van der Waals surface area contributed by atoms with E-state index in [0.717, 1.165) is 14.7 Å². The number of hydrogen-bond donors (Lipinski definition) is 0. The van der Waals surface area contributed by atoms with Crippen molar-refractivity contribution < 1.29 is 0 Å². The van der Waals surface area contributed by atoms with Crippen molar-refractivity contribution in [2.75, 3.05) is 0 Å². The molecule has 2 rings (SSSR count). The van der Waals surface area contributed by atoms with Crippen LogP contribution in [-0.4, -0.2) is 0 Å². The number of halogens is 3. The molecule has 0 aliphatic rings. The minimum atomic E-state index is 0.377. The third-order valence-corrected chi connectivity index (χ3v) is 6.72. The molecule has 1 unspecified atom stereocenters. The predicted molar refractivity (Wildman–Crippen MR) is 81.5 cm³/mol. The maximum absolute atomic E-state index is 3.74. The van der Waals surface area contributed by atoms with Crippen molar-refractivity contribution in [1.82, 2.24) is 0 Å². The van der Waals surface area contributed by atoms with Gasteiger partial charge in [-0.25, -0.2) is 0 Å². The normalized spacial score (nSPS) is 12.7. The van der Waals surface area contributed by atoms with Crippen molar-refractivity contribution in [1.29, 1.82) is 0 Å². The molecule has 0 aliphatic carbocycles. The van der Waals surface area contributed by atoms with Gasteiger partial charge < -0.3 is 0 Å². The van der Waals surface area contributed by atoms with Crippen molar-refractivity contribution in [3.8, 4) is 0 Å².